The van der Waals surface area contributed by atoms with E-state index in [0.29, 0.717) is 17.2 Å². The van der Waals surface area contributed by atoms with Crippen molar-refractivity contribution in [3.63, 3.8) is 0 Å². The van der Waals surface area contributed by atoms with Gasteiger partial charge in [-0.3, -0.25) is 0 Å². The van der Waals surface area contributed by atoms with Crippen LogP contribution in [0.3, 0.4) is 0 Å². The Morgan fingerprint density at radius 2 is 1.47 bits per heavy atom. The van der Waals surface area contributed by atoms with Gasteiger partial charge in [0.2, 0.25) is 5.75 Å². The molecule has 0 unspecified atom stereocenters. The van der Waals surface area contributed by atoms with Gasteiger partial charge in [-0.1, -0.05) is 0 Å². The molecule has 17 heavy (non-hydrogen) atoms. The van der Waals surface area contributed by atoms with Crippen molar-refractivity contribution in [3.8, 4) is 23.0 Å². The first-order chi connectivity index (χ1) is 7.91. The smallest absolute Gasteiger partial charge is 0.428 e. The fraction of sp³-hybridized carbons (Fsp3) is 0.333. The molecule has 0 amide bonds. The largest absolute Gasteiger partial charge is 0.493 e. The number of methoxy groups -OCH3 is 3. The van der Waals surface area contributed by atoms with Crippen LogP contribution >= 0.6 is 28.6 Å². The number of rotatable bonds is 5. The lowest BCUT2D eigenvalue weighted by molar-refractivity contribution is 0.322. The standard InChI is InChI=1S/C9H11Cl2O5P/c1-13-7-4-6(16-17(10,11)12)5-8(14-2)9(7)15-3/h4-5H,1-3H3. The van der Waals surface area contributed by atoms with Crippen molar-refractivity contribution in [2.45, 2.75) is 0 Å². The minimum Gasteiger partial charge on any atom is -0.493 e. The van der Waals surface area contributed by atoms with Crippen molar-refractivity contribution in [1.29, 1.82) is 0 Å². The molecule has 0 aliphatic heterocycles. The maximum atomic E-state index is 11.1. The Bertz CT molecular complexity index is 420. The van der Waals surface area contributed by atoms with Crippen LogP contribution in [0.25, 0.3) is 0 Å². The van der Waals surface area contributed by atoms with E-state index in [1.54, 1.807) is 0 Å². The van der Waals surface area contributed by atoms with Gasteiger partial charge >= 0.3 is 6.07 Å². The molecular formula is C9H11Cl2O5P. The van der Waals surface area contributed by atoms with Crippen molar-refractivity contribution in [1.82, 2.24) is 0 Å². The maximum Gasteiger partial charge on any atom is 0.428 e. The second kappa shape index (κ2) is 5.71. The van der Waals surface area contributed by atoms with Gasteiger partial charge in [-0.15, -0.1) is 0 Å². The fourth-order valence-corrected chi connectivity index (χ4v) is 2.06. The quantitative estimate of drug-likeness (QED) is 0.777. The van der Waals surface area contributed by atoms with E-state index in [2.05, 4.69) is 0 Å². The van der Waals surface area contributed by atoms with E-state index in [4.69, 9.17) is 41.2 Å². The Hall–Kier alpha value is -0.770. The number of halogens is 2. The lowest BCUT2D eigenvalue weighted by atomic mass is 10.2. The topological polar surface area (TPSA) is 54.0 Å². The molecule has 0 saturated heterocycles. The zero-order valence-corrected chi connectivity index (χ0v) is 11.8. The molecule has 8 heteroatoms. The molecule has 1 rings (SSSR count). The van der Waals surface area contributed by atoms with Gasteiger partial charge in [0.1, 0.15) is 5.75 Å². The number of hydrogen-bond acceptors (Lipinski definition) is 5. The molecule has 1 aromatic carbocycles. The average Bonchev–Trinajstić information content (AvgIpc) is 2.25. The summed E-state index contributed by atoms with van der Waals surface area (Å²) in [5, 5.41) is 0. The first-order valence-corrected chi connectivity index (χ1v) is 7.83. The summed E-state index contributed by atoms with van der Waals surface area (Å²) in [5.74, 6) is 1.25. The molecule has 0 N–H and O–H groups in total. The van der Waals surface area contributed by atoms with Crippen molar-refractivity contribution >= 4 is 28.6 Å². The van der Waals surface area contributed by atoms with Crippen LogP contribution in [0.5, 0.6) is 23.0 Å². The summed E-state index contributed by atoms with van der Waals surface area (Å²) in [7, 11) is 4.36. The molecule has 96 valence electrons. The molecule has 0 heterocycles. The van der Waals surface area contributed by atoms with Crippen molar-refractivity contribution < 1.29 is 23.3 Å². The van der Waals surface area contributed by atoms with Gasteiger partial charge in [0, 0.05) is 34.6 Å². The van der Waals surface area contributed by atoms with Crippen LogP contribution in [-0.4, -0.2) is 21.3 Å². The van der Waals surface area contributed by atoms with Crippen molar-refractivity contribution in [3.05, 3.63) is 12.1 Å². The van der Waals surface area contributed by atoms with Gasteiger partial charge < -0.3 is 18.7 Å². The van der Waals surface area contributed by atoms with Crippen molar-refractivity contribution in [2.24, 2.45) is 0 Å². The molecule has 0 aliphatic rings. The Morgan fingerprint density at radius 3 is 1.76 bits per heavy atom. The van der Waals surface area contributed by atoms with E-state index in [1.165, 1.54) is 33.5 Å². The highest BCUT2D eigenvalue weighted by Crippen LogP contribution is 2.58. The predicted molar refractivity (Wildman–Crippen MR) is 66.0 cm³/mol. The zero-order chi connectivity index (χ0) is 13.1. The second-order valence-corrected chi connectivity index (χ2v) is 7.07. The summed E-state index contributed by atoms with van der Waals surface area (Å²) in [6, 6.07) is 2.89. The third kappa shape index (κ3) is 3.87. The molecular weight excluding hydrogens is 290 g/mol. The molecule has 0 spiro atoms. The number of ether oxygens (including phenoxy) is 3. The van der Waals surface area contributed by atoms with E-state index in [-0.39, 0.29) is 5.75 Å². The summed E-state index contributed by atoms with van der Waals surface area (Å²) in [4.78, 5) is 0. The molecule has 0 fully saturated rings. The maximum absolute atomic E-state index is 11.1. The molecule has 0 radical (unpaired) electrons. The third-order valence-electron chi connectivity index (χ3n) is 1.85. The van der Waals surface area contributed by atoms with E-state index < -0.39 is 6.07 Å². The number of hydrogen-bond donors (Lipinski definition) is 0. The molecule has 5 nitrogen and oxygen atoms in total. The minimum absolute atomic E-state index is 0.160. The van der Waals surface area contributed by atoms with Gasteiger partial charge in [-0.2, -0.15) is 0 Å². The van der Waals surface area contributed by atoms with Gasteiger partial charge in [0.15, 0.2) is 11.5 Å². The molecule has 0 aliphatic carbocycles. The second-order valence-electron chi connectivity index (χ2n) is 2.87. The third-order valence-corrected chi connectivity index (χ3v) is 2.69. The summed E-state index contributed by atoms with van der Waals surface area (Å²) < 4.78 is 31.2. The molecule has 1 aromatic rings. The lowest BCUT2D eigenvalue weighted by Gasteiger charge is -2.14. The van der Waals surface area contributed by atoms with Crippen LogP contribution in [0.4, 0.5) is 0 Å². The van der Waals surface area contributed by atoms with E-state index in [9.17, 15) is 4.57 Å². The SMILES string of the molecule is COc1cc(OP(=O)(Cl)Cl)cc(OC)c1OC. The zero-order valence-electron chi connectivity index (χ0n) is 9.40. The van der Waals surface area contributed by atoms with Gasteiger partial charge in [0.05, 0.1) is 21.3 Å². The fourth-order valence-electron chi connectivity index (χ4n) is 1.23. The van der Waals surface area contributed by atoms with Crippen LogP contribution in [-0.2, 0) is 4.57 Å². The Labute approximate surface area is 109 Å². The summed E-state index contributed by atoms with van der Waals surface area (Å²) in [5.41, 5.74) is 0. The van der Waals surface area contributed by atoms with Crippen LogP contribution in [0.1, 0.15) is 0 Å². The normalized spacial score (nSPS) is 10.9. The highest BCUT2D eigenvalue weighted by molar-refractivity contribution is 8.05. The lowest BCUT2D eigenvalue weighted by Crippen LogP contribution is -1.95. The van der Waals surface area contributed by atoms with Crippen molar-refractivity contribution in [2.75, 3.05) is 21.3 Å². The van der Waals surface area contributed by atoms with E-state index in [0.717, 1.165) is 0 Å². The molecule has 0 atom stereocenters. The van der Waals surface area contributed by atoms with E-state index in [1.807, 2.05) is 0 Å². The minimum atomic E-state index is -3.68. The monoisotopic (exact) mass is 300 g/mol. The molecule has 0 bridgehead atoms. The number of benzene rings is 1. The Balaban J connectivity index is 3.22. The molecule has 0 saturated carbocycles. The van der Waals surface area contributed by atoms with E-state index >= 15 is 0 Å². The van der Waals surface area contributed by atoms with Crippen LogP contribution < -0.4 is 18.7 Å². The van der Waals surface area contributed by atoms with Crippen LogP contribution in [0.15, 0.2) is 12.1 Å². The predicted octanol–water partition coefficient (Wildman–Crippen LogP) is 3.68. The first-order valence-electron chi connectivity index (χ1n) is 4.40. The van der Waals surface area contributed by atoms with Gasteiger partial charge in [0.25, 0.3) is 0 Å². The highest BCUT2D eigenvalue weighted by atomic mass is 35.9. The van der Waals surface area contributed by atoms with Gasteiger partial charge in [-0.25, -0.2) is 4.57 Å². The average molecular weight is 301 g/mol. The van der Waals surface area contributed by atoms with Crippen LogP contribution in [0, 0.1) is 0 Å². The first kappa shape index (κ1) is 14.3. The summed E-state index contributed by atoms with van der Waals surface area (Å²) >= 11 is 10.6. The Morgan fingerprint density at radius 1 is 1.00 bits per heavy atom. The van der Waals surface area contributed by atoms with Crippen LogP contribution in [0.2, 0.25) is 0 Å². The molecule has 0 aromatic heterocycles. The summed E-state index contributed by atoms with van der Waals surface area (Å²) in [6.07, 6.45) is -3.68. The summed E-state index contributed by atoms with van der Waals surface area (Å²) in [6.45, 7) is 0. The van der Waals surface area contributed by atoms with Gasteiger partial charge in [-0.05, 0) is 0 Å². The highest BCUT2D eigenvalue weighted by Gasteiger charge is 2.20. The Kier molecular flexibility index (Phi) is 4.80.